The third kappa shape index (κ3) is 8.54. The number of hydrogen-bond donors (Lipinski definition) is 2. The molecule has 1 spiro atoms. The lowest BCUT2D eigenvalue weighted by atomic mass is 9.97. The maximum Gasteiger partial charge on any atom is 0.355 e. The lowest BCUT2D eigenvalue weighted by molar-refractivity contribution is -0.148. The number of thiophene rings is 1. The summed E-state index contributed by atoms with van der Waals surface area (Å²) in [4.78, 5) is 63.9. The van der Waals surface area contributed by atoms with Crippen molar-refractivity contribution < 1.29 is 37.4 Å². The van der Waals surface area contributed by atoms with Gasteiger partial charge in [-0.05, 0) is 111 Å². The van der Waals surface area contributed by atoms with E-state index in [4.69, 9.17) is 9.26 Å². The number of aromatic nitrogens is 1. The topological polar surface area (TPSA) is 147 Å². The van der Waals surface area contributed by atoms with Crippen LogP contribution < -0.4 is 14.9 Å². The van der Waals surface area contributed by atoms with Crippen molar-refractivity contribution in [1.29, 1.82) is 0 Å². The summed E-state index contributed by atoms with van der Waals surface area (Å²) in [7, 11) is -4.44. The zero-order valence-electron chi connectivity index (χ0n) is 33.4. The van der Waals surface area contributed by atoms with Crippen LogP contribution in [0.5, 0.6) is 5.75 Å². The van der Waals surface area contributed by atoms with Gasteiger partial charge in [0.15, 0.2) is 0 Å². The molecule has 3 amide bonds. The zero-order valence-corrected chi connectivity index (χ0v) is 35.1. The summed E-state index contributed by atoms with van der Waals surface area (Å²) in [6, 6.07) is 15.9. The largest absolute Gasteiger partial charge is 0.465 e. The smallest absolute Gasteiger partial charge is 0.355 e. The van der Waals surface area contributed by atoms with Crippen molar-refractivity contribution in [2.75, 3.05) is 13.2 Å². The predicted octanol–water partition coefficient (Wildman–Crippen LogP) is 8.05. The van der Waals surface area contributed by atoms with E-state index in [0.29, 0.717) is 40.8 Å². The number of pyridine rings is 1. The highest BCUT2D eigenvalue weighted by molar-refractivity contribution is 7.57. The molecule has 5 heterocycles. The number of carbonyl (C=O) groups excluding carboxylic acids is 4. The number of carbonyl (C=O) groups is 4. The minimum atomic E-state index is -4.44. The molecule has 3 saturated heterocycles. The van der Waals surface area contributed by atoms with Gasteiger partial charge in [0.05, 0.1) is 11.5 Å². The molecule has 312 valence electrons. The number of amides is 3. The summed E-state index contributed by atoms with van der Waals surface area (Å²) >= 11 is 1.20. The van der Waals surface area contributed by atoms with Gasteiger partial charge in [0.25, 0.3) is 5.91 Å². The van der Waals surface area contributed by atoms with E-state index in [1.54, 1.807) is 53.6 Å². The Bertz CT molecular complexity index is 2240. The lowest BCUT2D eigenvalue weighted by Crippen LogP contribution is -2.57. The Balaban J connectivity index is 0.980. The molecule has 8 rings (SSSR count). The van der Waals surface area contributed by atoms with E-state index in [1.165, 1.54) is 30.4 Å². The summed E-state index contributed by atoms with van der Waals surface area (Å²) < 4.78 is 42.5. The molecule has 3 aliphatic heterocycles. The van der Waals surface area contributed by atoms with Crippen LogP contribution in [0.1, 0.15) is 111 Å². The fourth-order valence-electron chi connectivity index (χ4n) is 9.09. The van der Waals surface area contributed by atoms with Crippen molar-refractivity contribution in [2.45, 2.75) is 120 Å². The number of esters is 1. The standard InChI is InChI=1S/C44H51FN5O7PS/c1-3-22-56-43(54)28(2)48-58(55,57-34-12-5-4-6-13-34)39(45)29-15-18-37-31(23-29)24-38(59-37)40(51)47-35-14-8-7-11-33-16-17-36(50(33)41(35)52)42(53)49-27-32(25-44(49)19-20-44)30-10-9-21-46-26-30/h4-6,9-10,12-13,15,18,21,23-24,26,28,32-33,35-36,39H,3,7-8,11,14,16-17,19-20,22,25,27H2,1-2H3,(H,47,51)(H,48,55)/t28-,32+,33-,35?,36-,39-,58?/m0/s1. The van der Waals surface area contributed by atoms with E-state index in [2.05, 4.69) is 26.4 Å². The SMILES string of the molecule is CCCOC(=O)[C@H](C)NP(=O)(Oc1ccccc1)[C@H](F)c1ccc2sc(C(=O)NC3CCCC[C@H]4CC[C@@H](C(=O)N5C[C@H](c6cccnc6)CC56CC6)N4C3=O)cc2c1. The molecule has 0 bridgehead atoms. The Morgan fingerprint density at radius 1 is 1.03 bits per heavy atom. The molecule has 59 heavy (non-hydrogen) atoms. The average molecular weight is 844 g/mol. The first-order chi connectivity index (χ1) is 28.5. The van der Waals surface area contributed by atoms with Crippen molar-refractivity contribution in [2.24, 2.45) is 0 Å². The van der Waals surface area contributed by atoms with E-state index < -0.39 is 43.4 Å². The minimum Gasteiger partial charge on any atom is -0.465 e. The van der Waals surface area contributed by atoms with Crippen LogP contribution in [-0.4, -0.2) is 81.3 Å². The van der Waals surface area contributed by atoms with Gasteiger partial charge < -0.3 is 24.4 Å². The monoisotopic (exact) mass is 843 g/mol. The maximum absolute atomic E-state index is 16.5. The molecule has 2 aromatic heterocycles. The maximum atomic E-state index is 16.5. The molecule has 2 unspecified atom stereocenters. The Morgan fingerprint density at radius 2 is 1.83 bits per heavy atom. The molecule has 1 saturated carbocycles. The highest BCUT2D eigenvalue weighted by atomic mass is 32.1. The number of nitrogens with zero attached hydrogens (tertiary/aromatic N) is 3. The van der Waals surface area contributed by atoms with Gasteiger partial charge in [-0.15, -0.1) is 11.3 Å². The van der Waals surface area contributed by atoms with Crippen molar-refractivity contribution in [1.82, 2.24) is 25.2 Å². The number of nitrogens with one attached hydrogen (secondary N) is 2. The van der Waals surface area contributed by atoms with Gasteiger partial charge in [-0.25, -0.2) is 9.48 Å². The van der Waals surface area contributed by atoms with Crippen LogP contribution in [0.15, 0.2) is 79.1 Å². The van der Waals surface area contributed by atoms with Crippen molar-refractivity contribution in [3.8, 4) is 5.75 Å². The van der Waals surface area contributed by atoms with Crippen LogP contribution in [0.2, 0.25) is 0 Å². The number of halogens is 1. The molecular weight excluding hydrogens is 793 g/mol. The molecule has 15 heteroatoms. The number of benzene rings is 2. The van der Waals surface area contributed by atoms with E-state index >= 15 is 4.39 Å². The van der Waals surface area contributed by atoms with Gasteiger partial charge in [0.2, 0.25) is 17.7 Å². The van der Waals surface area contributed by atoms with E-state index in [0.717, 1.165) is 50.5 Å². The Labute approximate surface area is 347 Å². The van der Waals surface area contributed by atoms with Crippen LogP contribution in [0.4, 0.5) is 4.39 Å². The number of alkyl halides is 1. The molecule has 2 aromatic carbocycles. The first-order valence-corrected chi connectivity index (χ1v) is 23.3. The van der Waals surface area contributed by atoms with E-state index in [1.807, 2.05) is 19.2 Å². The molecule has 12 nitrogen and oxygen atoms in total. The first kappa shape index (κ1) is 41.1. The van der Waals surface area contributed by atoms with Crippen LogP contribution in [0.25, 0.3) is 10.1 Å². The Hall–Kier alpha value is -4.65. The summed E-state index contributed by atoms with van der Waals surface area (Å²) in [6.07, 6.45) is 11.4. The molecule has 1 aliphatic carbocycles. The Kier molecular flexibility index (Phi) is 11.9. The van der Waals surface area contributed by atoms with Crippen molar-refractivity contribution in [3.05, 3.63) is 95.1 Å². The van der Waals surface area contributed by atoms with Gasteiger partial charge in [0, 0.05) is 41.1 Å². The molecule has 0 radical (unpaired) electrons. The van der Waals surface area contributed by atoms with Gasteiger partial charge in [-0.2, -0.15) is 0 Å². The number of rotatable bonds is 13. The number of fused-ring (bicyclic) bond motifs is 2. The second-order valence-electron chi connectivity index (χ2n) is 16.4. The highest BCUT2D eigenvalue weighted by Gasteiger charge is 2.58. The summed E-state index contributed by atoms with van der Waals surface area (Å²) in [5.41, 5.74) is 1.02. The van der Waals surface area contributed by atoms with Crippen LogP contribution in [-0.2, 0) is 23.7 Å². The summed E-state index contributed by atoms with van der Waals surface area (Å²) in [5.74, 6) is -3.13. The molecule has 4 fully saturated rings. The molecular formula is C44H51FN5O7PS. The summed E-state index contributed by atoms with van der Waals surface area (Å²) in [6.45, 7) is 4.07. The van der Waals surface area contributed by atoms with Crippen LogP contribution >= 0.6 is 18.9 Å². The number of ether oxygens (including phenoxy) is 1. The number of para-hydroxylation sites is 1. The summed E-state index contributed by atoms with van der Waals surface area (Å²) in [5, 5.41) is 6.14. The molecule has 4 aromatic rings. The second kappa shape index (κ2) is 17.1. The quantitative estimate of drug-likeness (QED) is 0.101. The molecule has 4 aliphatic rings. The lowest BCUT2D eigenvalue weighted by Gasteiger charge is -2.37. The van der Waals surface area contributed by atoms with Gasteiger partial charge in [-0.3, -0.25) is 28.7 Å². The first-order valence-electron chi connectivity index (χ1n) is 20.8. The van der Waals surface area contributed by atoms with E-state index in [-0.39, 0.29) is 47.2 Å². The predicted molar refractivity (Wildman–Crippen MR) is 223 cm³/mol. The van der Waals surface area contributed by atoms with Gasteiger partial charge in [-0.1, -0.05) is 50.1 Å². The third-order valence-corrected chi connectivity index (χ3v) is 15.5. The second-order valence-corrected chi connectivity index (χ2v) is 19.6. The molecule has 2 N–H and O–H groups in total. The average Bonchev–Trinajstić information content (AvgIpc) is 3.53. The van der Waals surface area contributed by atoms with E-state index in [9.17, 15) is 23.7 Å². The van der Waals surface area contributed by atoms with Crippen LogP contribution in [0.3, 0.4) is 0 Å². The normalized spacial score (nSPS) is 24.4. The number of likely N-dealkylation sites (tertiary alicyclic amines) is 1. The van der Waals surface area contributed by atoms with Crippen LogP contribution in [0, 0.1) is 0 Å². The van der Waals surface area contributed by atoms with Crippen molar-refractivity contribution >= 4 is 52.6 Å². The molecule has 7 atom stereocenters. The Morgan fingerprint density at radius 3 is 2.58 bits per heavy atom. The van der Waals surface area contributed by atoms with Gasteiger partial charge >= 0.3 is 13.5 Å². The van der Waals surface area contributed by atoms with Gasteiger partial charge in [0.1, 0.15) is 23.9 Å². The fraction of sp³-hybridized carbons (Fsp3) is 0.477. The highest BCUT2D eigenvalue weighted by Crippen LogP contribution is 2.58. The minimum absolute atomic E-state index is 0.0154. The third-order valence-electron chi connectivity index (χ3n) is 12.3. The zero-order chi connectivity index (χ0) is 41.3. The van der Waals surface area contributed by atoms with Crippen molar-refractivity contribution in [3.63, 3.8) is 0 Å². The fourth-order valence-corrected chi connectivity index (χ4v) is 11.9. The number of hydrogen-bond acceptors (Lipinski definition) is 9.